The minimum Gasteiger partial charge on any atom is -0.372 e. The first kappa shape index (κ1) is 20.1. The Bertz CT molecular complexity index is 357. The molecule has 0 spiro atoms. The number of alkyl halides is 3. The zero-order valence-corrected chi connectivity index (χ0v) is 14.5. The molecule has 1 aliphatic rings. The lowest BCUT2D eigenvalue weighted by molar-refractivity contribution is -0.173. The van der Waals surface area contributed by atoms with Crippen LogP contribution in [0.5, 0.6) is 0 Å². The van der Waals surface area contributed by atoms with Crippen molar-refractivity contribution < 1.29 is 17.9 Å². The van der Waals surface area contributed by atoms with Gasteiger partial charge in [0.05, 0.1) is 0 Å². The lowest BCUT2D eigenvalue weighted by Crippen LogP contribution is -2.41. The van der Waals surface area contributed by atoms with Crippen LogP contribution in [-0.2, 0) is 4.74 Å². The number of halogens is 3. The normalized spacial score (nSPS) is 19.7. The second-order valence-corrected chi connectivity index (χ2v) is 6.07. The summed E-state index contributed by atoms with van der Waals surface area (Å²) in [6.45, 7) is 5.97. The zero-order chi connectivity index (χ0) is 17.3. The van der Waals surface area contributed by atoms with E-state index in [-0.39, 0.29) is 6.61 Å². The summed E-state index contributed by atoms with van der Waals surface area (Å²) in [6, 6.07) is 0. The van der Waals surface area contributed by atoms with Crippen LogP contribution in [0.1, 0.15) is 39.5 Å². The quantitative estimate of drug-likeness (QED) is 0.419. The summed E-state index contributed by atoms with van der Waals surface area (Å²) >= 11 is 0. The average Bonchev–Trinajstić information content (AvgIpc) is 2.96. The SMILES string of the molecule is CCC(CC)C1CCN(C(=NC)NCCCOCC(F)(F)F)C1. The van der Waals surface area contributed by atoms with Gasteiger partial charge in [0, 0.05) is 33.3 Å². The molecule has 1 aliphatic heterocycles. The molecule has 1 atom stereocenters. The second-order valence-electron chi connectivity index (χ2n) is 6.07. The number of nitrogens with zero attached hydrogens (tertiary/aromatic N) is 2. The maximum atomic E-state index is 11.9. The van der Waals surface area contributed by atoms with Gasteiger partial charge in [-0.2, -0.15) is 13.2 Å². The Morgan fingerprint density at radius 3 is 2.61 bits per heavy atom. The van der Waals surface area contributed by atoms with E-state index in [0.717, 1.165) is 25.0 Å². The monoisotopic (exact) mass is 337 g/mol. The van der Waals surface area contributed by atoms with E-state index in [1.54, 1.807) is 7.05 Å². The number of likely N-dealkylation sites (tertiary alicyclic amines) is 1. The number of aliphatic imine (C=N–C) groups is 1. The van der Waals surface area contributed by atoms with E-state index in [9.17, 15) is 13.2 Å². The molecule has 0 radical (unpaired) electrons. The molecule has 0 amide bonds. The van der Waals surface area contributed by atoms with Gasteiger partial charge >= 0.3 is 6.18 Å². The van der Waals surface area contributed by atoms with Crippen LogP contribution in [0.25, 0.3) is 0 Å². The summed E-state index contributed by atoms with van der Waals surface area (Å²) in [6.07, 6.45) is -0.126. The number of ether oxygens (including phenoxy) is 1. The van der Waals surface area contributed by atoms with Crippen LogP contribution in [0.2, 0.25) is 0 Å². The van der Waals surface area contributed by atoms with Crippen molar-refractivity contribution in [1.29, 1.82) is 0 Å². The van der Waals surface area contributed by atoms with Crippen molar-refractivity contribution in [3.8, 4) is 0 Å². The molecule has 1 saturated heterocycles. The van der Waals surface area contributed by atoms with Crippen LogP contribution in [0.4, 0.5) is 13.2 Å². The molecular formula is C16H30F3N3O. The number of nitrogens with one attached hydrogen (secondary N) is 1. The molecule has 0 aromatic rings. The van der Waals surface area contributed by atoms with Crippen LogP contribution in [-0.4, -0.2) is 56.9 Å². The van der Waals surface area contributed by atoms with E-state index < -0.39 is 12.8 Å². The van der Waals surface area contributed by atoms with Crippen molar-refractivity contribution in [3.63, 3.8) is 0 Å². The highest BCUT2D eigenvalue weighted by Crippen LogP contribution is 2.28. The molecule has 1 N–H and O–H groups in total. The molecule has 1 unspecified atom stereocenters. The number of hydrogen-bond acceptors (Lipinski definition) is 2. The minimum atomic E-state index is -4.25. The third-order valence-electron chi connectivity index (χ3n) is 4.47. The zero-order valence-electron chi connectivity index (χ0n) is 14.5. The minimum absolute atomic E-state index is 0.0971. The van der Waals surface area contributed by atoms with Crippen molar-refractivity contribution in [2.24, 2.45) is 16.8 Å². The van der Waals surface area contributed by atoms with Crippen LogP contribution >= 0.6 is 0 Å². The molecule has 1 heterocycles. The lowest BCUT2D eigenvalue weighted by Gasteiger charge is -2.24. The predicted molar refractivity (Wildman–Crippen MR) is 86.6 cm³/mol. The van der Waals surface area contributed by atoms with Crippen molar-refractivity contribution in [3.05, 3.63) is 0 Å². The smallest absolute Gasteiger partial charge is 0.372 e. The van der Waals surface area contributed by atoms with Gasteiger partial charge in [-0.3, -0.25) is 4.99 Å². The largest absolute Gasteiger partial charge is 0.411 e. The Kier molecular flexibility index (Phi) is 8.73. The molecule has 1 fully saturated rings. The maximum Gasteiger partial charge on any atom is 0.411 e. The van der Waals surface area contributed by atoms with E-state index in [0.29, 0.717) is 18.9 Å². The molecule has 0 bridgehead atoms. The maximum absolute atomic E-state index is 11.9. The standard InChI is InChI=1S/C16H30F3N3O/c1-4-13(5-2)14-7-9-22(11-14)15(20-3)21-8-6-10-23-12-16(17,18)19/h13-14H,4-12H2,1-3H3,(H,20,21). The Morgan fingerprint density at radius 2 is 2.04 bits per heavy atom. The van der Waals surface area contributed by atoms with Gasteiger partial charge in [0.15, 0.2) is 5.96 Å². The fourth-order valence-electron chi connectivity index (χ4n) is 3.21. The third kappa shape index (κ3) is 7.42. The highest BCUT2D eigenvalue weighted by atomic mass is 19.4. The first-order valence-corrected chi connectivity index (χ1v) is 8.51. The van der Waals surface area contributed by atoms with Gasteiger partial charge < -0.3 is 15.0 Å². The number of hydrogen-bond donors (Lipinski definition) is 1. The number of rotatable bonds is 8. The van der Waals surface area contributed by atoms with Crippen molar-refractivity contribution in [2.45, 2.75) is 45.7 Å². The molecule has 0 saturated carbocycles. The summed E-state index contributed by atoms with van der Waals surface area (Å²) in [4.78, 5) is 6.53. The Labute approximate surface area is 137 Å². The van der Waals surface area contributed by atoms with Crippen LogP contribution in [0, 0.1) is 11.8 Å². The van der Waals surface area contributed by atoms with E-state index in [4.69, 9.17) is 0 Å². The van der Waals surface area contributed by atoms with E-state index in [2.05, 4.69) is 33.8 Å². The first-order chi connectivity index (χ1) is 10.9. The first-order valence-electron chi connectivity index (χ1n) is 8.51. The van der Waals surface area contributed by atoms with Gasteiger partial charge in [0.1, 0.15) is 6.61 Å². The summed E-state index contributed by atoms with van der Waals surface area (Å²) < 4.78 is 40.4. The van der Waals surface area contributed by atoms with Gasteiger partial charge in [-0.25, -0.2) is 0 Å². The second kappa shape index (κ2) is 10.0. The van der Waals surface area contributed by atoms with E-state index in [1.807, 2.05) is 0 Å². The Morgan fingerprint density at radius 1 is 1.35 bits per heavy atom. The summed E-state index contributed by atoms with van der Waals surface area (Å²) in [7, 11) is 1.74. The van der Waals surface area contributed by atoms with Crippen LogP contribution in [0.3, 0.4) is 0 Å². The summed E-state index contributed by atoms with van der Waals surface area (Å²) in [5, 5.41) is 3.22. The summed E-state index contributed by atoms with van der Waals surface area (Å²) in [5.41, 5.74) is 0. The lowest BCUT2D eigenvalue weighted by atomic mass is 9.87. The van der Waals surface area contributed by atoms with Crippen molar-refractivity contribution >= 4 is 5.96 Å². The number of guanidine groups is 1. The molecule has 1 rings (SSSR count). The molecule has 4 nitrogen and oxygen atoms in total. The van der Waals surface area contributed by atoms with E-state index in [1.165, 1.54) is 19.3 Å². The topological polar surface area (TPSA) is 36.9 Å². The predicted octanol–water partition coefficient (Wildman–Crippen LogP) is 3.29. The molecule has 7 heteroatoms. The third-order valence-corrected chi connectivity index (χ3v) is 4.47. The molecular weight excluding hydrogens is 307 g/mol. The summed E-state index contributed by atoms with van der Waals surface area (Å²) in [5.74, 6) is 2.31. The van der Waals surface area contributed by atoms with Crippen molar-refractivity contribution in [1.82, 2.24) is 10.2 Å². The Hall–Kier alpha value is -0.980. The molecule has 0 aromatic carbocycles. The van der Waals surface area contributed by atoms with Gasteiger partial charge in [0.25, 0.3) is 0 Å². The average molecular weight is 337 g/mol. The Balaban J connectivity index is 2.25. The molecule has 0 aliphatic carbocycles. The molecule has 136 valence electrons. The fraction of sp³-hybridized carbons (Fsp3) is 0.938. The van der Waals surface area contributed by atoms with Crippen LogP contribution < -0.4 is 5.32 Å². The van der Waals surface area contributed by atoms with Crippen LogP contribution in [0.15, 0.2) is 4.99 Å². The van der Waals surface area contributed by atoms with Crippen molar-refractivity contribution in [2.75, 3.05) is 39.9 Å². The highest BCUT2D eigenvalue weighted by molar-refractivity contribution is 5.80. The highest BCUT2D eigenvalue weighted by Gasteiger charge is 2.29. The molecule has 0 aromatic heterocycles. The van der Waals surface area contributed by atoms with E-state index >= 15 is 0 Å². The van der Waals surface area contributed by atoms with Gasteiger partial charge in [0.2, 0.25) is 0 Å². The molecule has 23 heavy (non-hydrogen) atoms. The van der Waals surface area contributed by atoms with Gasteiger partial charge in [-0.1, -0.05) is 26.7 Å². The van der Waals surface area contributed by atoms with Gasteiger partial charge in [-0.15, -0.1) is 0 Å². The fourth-order valence-corrected chi connectivity index (χ4v) is 3.21. The van der Waals surface area contributed by atoms with Gasteiger partial charge in [-0.05, 0) is 24.7 Å².